The van der Waals surface area contributed by atoms with Crippen LogP contribution in [0.1, 0.15) is 119 Å². The van der Waals surface area contributed by atoms with Crippen LogP contribution in [0.2, 0.25) is 10.0 Å². The van der Waals surface area contributed by atoms with Crippen LogP contribution in [0, 0.1) is 17.8 Å². The minimum absolute atomic E-state index is 0.0126. The second-order valence-electron chi connectivity index (χ2n) is 14.8. The number of pyridine rings is 1. The lowest BCUT2D eigenvalue weighted by molar-refractivity contribution is -0.158. The minimum Gasteiger partial charge on any atom is -0.493 e. The van der Waals surface area contributed by atoms with Crippen LogP contribution in [0.3, 0.4) is 0 Å². The number of Topliss-reactive ketones (excluding diaryl/α,β-unsaturated/α-hetero) is 1. The fourth-order valence-corrected chi connectivity index (χ4v) is 8.04. The highest BCUT2D eigenvalue weighted by Crippen LogP contribution is 2.37. The lowest BCUT2D eigenvalue weighted by Crippen LogP contribution is -2.52. The molecule has 2 fully saturated rings. The standard InChI is InChI=1S/C40H57Cl2N3O8.2C2H6/c1-26-11-9-16-40(4,50-6)20-27(2)38(47)28(3)37(36(52-25-46)24-51-39(26)48)44-17-10-18-45(23-31-32(41)21-43-22-33(31)42)29-14-15-34(49-5)35(19-29)53-30-12-7-8-13-30;2*1-2/h14-15,19,21-22,25-28,30,36-37,44H,7-13,16-18,20,23-24H2,1-6H3;2*1-2H3/t26?,27-,28?,36+,37?,40?;;/m1../s1. The molecule has 0 amide bonds. The molecule has 11 nitrogen and oxygen atoms in total. The zero-order valence-electron chi connectivity index (χ0n) is 36.0. The van der Waals surface area contributed by atoms with Crippen molar-refractivity contribution in [3.63, 3.8) is 0 Å². The van der Waals surface area contributed by atoms with Gasteiger partial charge in [-0.05, 0) is 83.4 Å². The first-order valence-electron chi connectivity index (χ1n) is 20.8. The van der Waals surface area contributed by atoms with Crippen molar-refractivity contribution >= 4 is 47.1 Å². The summed E-state index contributed by atoms with van der Waals surface area (Å²) in [6.07, 6.45) is 9.92. The van der Waals surface area contributed by atoms with Crippen molar-refractivity contribution in [2.24, 2.45) is 17.8 Å². The topological polar surface area (TPSA) is 126 Å². The van der Waals surface area contributed by atoms with E-state index in [4.69, 9.17) is 46.9 Å². The molecule has 6 atom stereocenters. The van der Waals surface area contributed by atoms with Crippen molar-refractivity contribution in [1.82, 2.24) is 10.3 Å². The predicted molar refractivity (Wildman–Crippen MR) is 229 cm³/mol. The molecule has 1 aliphatic carbocycles. The average molecular weight is 839 g/mol. The van der Waals surface area contributed by atoms with Gasteiger partial charge in [0.05, 0.1) is 40.8 Å². The van der Waals surface area contributed by atoms with Gasteiger partial charge in [0.1, 0.15) is 12.4 Å². The highest BCUT2D eigenvalue weighted by Gasteiger charge is 2.38. The molecule has 13 heteroatoms. The van der Waals surface area contributed by atoms with Gasteiger partial charge >= 0.3 is 5.97 Å². The van der Waals surface area contributed by atoms with Crippen LogP contribution in [0.4, 0.5) is 5.69 Å². The SMILES string of the molecule is CC.CC.COc1ccc(N(CCCNC2C(C)C(=O)[C@H](C)CC(C)(OC)CCCC(C)C(=O)OC[C@@H]2OC=O)Cc2c(Cl)cncc2Cl)cc1OC1CCCC1. The minimum atomic E-state index is -0.881. The molecule has 1 N–H and O–H groups in total. The van der Waals surface area contributed by atoms with Gasteiger partial charge in [-0.3, -0.25) is 19.4 Å². The van der Waals surface area contributed by atoms with Gasteiger partial charge in [0, 0.05) is 61.7 Å². The predicted octanol–water partition coefficient (Wildman–Crippen LogP) is 9.67. The number of hydrogen-bond acceptors (Lipinski definition) is 11. The number of nitrogens with one attached hydrogen (secondary N) is 1. The summed E-state index contributed by atoms with van der Waals surface area (Å²) in [7, 11) is 3.29. The smallest absolute Gasteiger partial charge is 0.308 e. The van der Waals surface area contributed by atoms with Crippen molar-refractivity contribution in [2.45, 2.75) is 144 Å². The van der Waals surface area contributed by atoms with E-state index in [9.17, 15) is 14.4 Å². The molecule has 2 aliphatic rings. The van der Waals surface area contributed by atoms with Crippen molar-refractivity contribution in [3.05, 3.63) is 46.2 Å². The number of methoxy groups -OCH3 is 2. The Kier molecular flexibility index (Phi) is 22.9. The molecule has 1 aliphatic heterocycles. The Labute approximate surface area is 352 Å². The maximum absolute atomic E-state index is 14.0. The maximum atomic E-state index is 14.0. The van der Waals surface area contributed by atoms with Crippen LogP contribution >= 0.6 is 23.2 Å². The molecule has 4 rings (SSSR count). The third kappa shape index (κ3) is 15.2. The number of halogens is 2. The van der Waals surface area contributed by atoms with Crippen LogP contribution in [0.5, 0.6) is 11.5 Å². The normalized spacial score (nSPS) is 24.7. The second-order valence-corrected chi connectivity index (χ2v) is 15.7. The zero-order valence-corrected chi connectivity index (χ0v) is 37.5. The Morgan fingerprint density at radius 2 is 1.63 bits per heavy atom. The van der Waals surface area contributed by atoms with Gasteiger partial charge in [-0.15, -0.1) is 0 Å². The van der Waals surface area contributed by atoms with E-state index in [1.54, 1.807) is 26.6 Å². The monoisotopic (exact) mass is 837 g/mol. The van der Waals surface area contributed by atoms with Crippen LogP contribution in [-0.4, -0.2) is 81.0 Å². The molecule has 2 aromatic rings. The largest absolute Gasteiger partial charge is 0.493 e. The lowest BCUT2D eigenvalue weighted by Gasteiger charge is -2.35. The summed E-state index contributed by atoms with van der Waals surface area (Å²) in [6.45, 7) is 17.2. The van der Waals surface area contributed by atoms with Gasteiger partial charge < -0.3 is 33.9 Å². The molecule has 0 spiro atoms. The third-order valence-corrected chi connectivity index (χ3v) is 11.5. The summed E-state index contributed by atoms with van der Waals surface area (Å²) in [5.41, 5.74) is 1.10. The number of anilines is 1. The number of esters is 1. The number of ketones is 1. The Hall–Kier alpha value is -3.12. The number of aromatic nitrogens is 1. The number of carbonyl (C=O) groups is 3. The molecule has 0 bridgehead atoms. The molecule has 1 saturated carbocycles. The fourth-order valence-electron chi connectivity index (χ4n) is 7.56. The van der Waals surface area contributed by atoms with Crippen molar-refractivity contribution < 1.29 is 38.1 Å². The number of rotatable bonds is 14. The Morgan fingerprint density at radius 3 is 2.25 bits per heavy atom. The van der Waals surface area contributed by atoms with Crippen molar-refractivity contribution in [3.8, 4) is 11.5 Å². The van der Waals surface area contributed by atoms with Crippen LogP contribution in [-0.2, 0) is 35.1 Å². The molecular formula is C44H69Cl2N3O8. The number of carbonyl (C=O) groups excluding carboxylic acids is 3. The van der Waals surface area contributed by atoms with E-state index in [2.05, 4.69) is 15.2 Å². The Balaban J connectivity index is 0.00000271. The van der Waals surface area contributed by atoms with Crippen molar-refractivity contribution in [2.75, 3.05) is 38.8 Å². The van der Waals surface area contributed by atoms with Crippen LogP contribution < -0.4 is 19.7 Å². The molecule has 57 heavy (non-hydrogen) atoms. The van der Waals surface area contributed by atoms with E-state index >= 15 is 0 Å². The third-order valence-electron chi connectivity index (χ3n) is 10.9. The van der Waals surface area contributed by atoms with Gasteiger partial charge in [-0.2, -0.15) is 0 Å². The van der Waals surface area contributed by atoms with Gasteiger partial charge in [-0.25, -0.2) is 0 Å². The molecule has 1 aromatic carbocycles. The number of cyclic esters (lactones) is 1. The Morgan fingerprint density at radius 1 is 0.965 bits per heavy atom. The Bertz CT molecular complexity index is 1490. The highest BCUT2D eigenvalue weighted by molar-refractivity contribution is 6.35. The molecular weight excluding hydrogens is 769 g/mol. The second kappa shape index (κ2) is 26.1. The molecule has 322 valence electrons. The first kappa shape index (κ1) is 50.0. The summed E-state index contributed by atoms with van der Waals surface area (Å²) in [6, 6.07) is 5.25. The zero-order chi connectivity index (χ0) is 42.5. The molecule has 4 unspecified atom stereocenters. The first-order valence-corrected chi connectivity index (χ1v) is 21.6. The van der Waals surface area contributed by atoms with Gasteiger partial charge in [0.2, 0.25) is 0 Å². The van der Waals surface area contributed by atoms with Crippen LogP contribution in [0.25, 0.3) is 0 Å². The van der Waals surface area contributed by atoms with E-state index in [-0.39, 0.29) is 36.3 Å². The maximum Gasteiger partial charge on any atom is 0.308 e. The van der Waals surface area contributed by atoms with Gasteiger partial charge in [-0.1, -0.05) is 71.7 Å². The van der Waals surface area contributed by atoms with E-state index in [1.165, 1.54) is 0 Å². The summed E-state index contributed by atoms with van der Waals surface area (Å²) < 4.78 is 29.2. The van der Waals surface area contributed by atoms with Crippen LogP contribution in [0.15, 0.2) is 30.6 Å². The number of benzene rings is 1. The summed E-state index contributed by atoms with van der Waals surface area (Å²) >= 11 is 13.2. The van der Waals surface area contributed by atoms with Crippen molar-refractivity contribution in [1.29, 1.82) is 0 Å². The van der Waals surface area contributed by atoms with Gasteiger partial charge in [0.25, 0.3) is 6.47 Å². The fraction of sp³-hybridized carbons (Fsp3) is 0.682. The molecule has 0 radical (unpaired) electrons. The summed E-state index contributed by atoms with van der Waals surface area (Å²) in [5, 5.41) is 4.43. The van der Waals surface area contributed by atoms with E-state index in [0.29, 0.717) is 73.3 Å². The number of ether oxygens (including phenoxy) is 5. The summed E-state index contributed by atoms with van der Waals surface area (Å²) in [4.78, 5) is 45.0. The van der Waals surface area contributed by atoms with E-state index < -0.39 is 23.7 Å². The lowest BCUT2D eigenvalue weighted by atomic mass is 9.80. The van der Waals surface area contributed by atoms with E-state index in [0.717, 1.165) is 43.4 Å². The number of nitrogens with zero attached hydrogens (tertiary/aromatic N) is 2. The molecule has 1 aromatic heterocycles. The average Bonchev–Trinajstić information content (AvgIpc) is 3.74. The highest BCUT2D eigenvalue weighted by atomic mass is 35.5. The quantitative estimate of drug-likeness (QED) is 0.111. The van der Waals surface area contributed by atoms with E-state index in [1.807, 2.05) is 73.6 Å². The first-order chi connectivity index (χ1) is 27.4. The molecule has 1 saturated heterocycles. The molecule has 2 heterocycles. The number of hydrogen-bond donors (Lipinski definition) is 1. The summed E-state index contributed by atoms with van der Waals surface area (Å²) in [5.74, 6) is -0.251. The van der Waals surface area contributed by atoms with Gasteiger partial charge in [0.15, 0.2) is 17.6 Å².